The first-order valence-electron chi connectivity index (χ1n) is 6.49. The fourth-order valence-corrected chi connectivity index (χ4v) is 2.42. The normalized spacial score (nSPS) is 19.4. The average molecular weight is 272 g/mol. The van der Waals surface area contributed by atoms with Crippen molar-refractivity contribution in [3.8, 4) is 0 Å². The molecule has 3 rings (SSSR count). The van der Waals surface area contributed by atoms with Crippen LogP contribution in [0.4, 0.5) is 5.82 Å². The van der Waals surface area contributed by atoms with Gasteiger partial charge in [0.2, 0.25) is 5.91 Å². The molecule has 0 spiro atoms. The Morgan fingerprint density at radius 3 is 3.00 bits per heavy atom. The third-order valence-electron chi connectivity index (χ3n) is 3.49. The summed E-state index contributed by atoms with van der Waals surface area (Å²) in [6, 6.07) is 5.76. The smallest absolute Gasteiger partial charge is 0.246 e. The summed E-state index contributed by atoms with van der Waals surface area (Å²) in [6.45, 7) is 4.82. The van der Waals surface area contributed by atoms with Gasteiger partial charge in [-0.05, 0) is 18.2 Å². The zero-order chi connectivity index (χ0) is 14.1. The molecule has 1 unspecified atom stereocenters. The van der Waals surface area contributed by atoms with Gasteiger partial charge in [-0.3, -0.25) is 4.79 Å². The van der Waals surface area contributed by atoms with Crippen LogP contribution in [0.15, 0.2) is 43.2 Å². The van der Waals surface area contributed by atoms with Crippen molar-refractivity contribution in [2.24, 2.45) is 0 Å². The number of anilines is 1. The SMILES string of the molecule is C=CC(=O)N1CCN(c2cn3ccccc3n2)C(O)C1. The first-order chi connectivity index (χ1) is 9.69. The first kappa shape index (κ1) is 12.7. The first-order valence-corrected chi connectivity index (χ1v) is 6.49. The van der Waals surface area contributed by atoms with Crippen molar-refractivity contribution in [2.75, 3.05) is 24.5 Å². The van der Waals surface area contributed by atoms with Crippen LogP contribution in [0.2, 0.25) is 0 Å². The van der Waals surface area contributed by atoms with Gasteiger partial charge >= 0.3 is 0 Å². The summed E-state index contributed by atoms with van der Waals surface area (Å²) < 4.78 is 1.91. The van der Waals surface area contributed by atoms with Crippen LogP contribution in [0.3, 0.4) is 0 Å². The lowest BCUT2D eigenvalue weighted by Gasteiger charge is -2.38. The van der Waals surface area contributed by atoms with Crippen molar-refractivity contribution in [1.82, 2.24) is 14.3 Å². The molecule has 1 atom stereocenters. The molecule has 1 aliphatic heterocycles. The van der Waals surface area contributed by atoms with Gasteiger partial charge in [-0.25, -0.2) is 4.98 Å². The molecule has 0 aliphatic carbocycles. The molecule has 0 bridgehead atoms. The van der Waals surface area contributed by atoms with Crippen molar-refractivity contribution < 1.29 is 9.90 Å². The summed E-state index contributed by atoms with van der Waals surface area (Å²) >= 11 is 0. The number of carbonyl (C=O) groups is 1. The van der Waals surface area contributed by atoms with Crippen LogP contribution in [0, 0.1) is 0 Å². The number of aromatic nitrogens is 2. The van der Waals surface area contributed by atoms with Crippen molar-refractivity contribution in [3.05, 3.63) is 43.2 Å². The summed E-state index contributed by atoms with van der Waals surface area (Å²) in [5.41, 5.74) is 0.833. The predicted octanol–water partition coefficient (Wildman–Crippen LogP) is 0.487. The second-order valence-electron chi connectivity index (χ2n) is 4.73. The highest BCUT2D eigenvalue weighted by molar-refractivity contribution is 5.87. The molecule has 1 amide bonds. The minimum absolute atomic E-state index is 0.154. The Balaban J connectivity index is 1.81. The van der Waals surface area contributed by atoms with E-state index in [0.717, 1.165) is 11.5 Å². The third-order valence-corrected chi connectivity index (χ3v) is 3.49. The Hall–Kier alpha value is -2.34. The Bertz CT molecular complexity index is 618. The van der Waals surface area contributed by atoms with Crippen molar-refractivity contribution in [2.45, 2.75) is 6.23 Å². The molecule has 0 aromatic carbocycles. The maximum Gasteiger partial charge on any atom is 0.246 e. The number of amides is 1. The Morgan fingerprint density at radius 1 is 1.45 bits per heavy atom. The number of nitrogens with zero attached hydrogens (tertiary/aromatic N) is 4. The second kappa shape index (κ2) is 4.97. The van der Waals surface area contributed by atoms with Gasteiger partial charge in [0.25, 0.3) is 0 Å². The van der Waals surface area contributed by atoms with Gasteiger partial charge in [-0.15, -0.1) is 0 Å². The molecule has 1 aliphatic rings. The molecule has 104 valence electrons. The molecule has 3 heterocycles. The van der Waals surface area contributed by atoms with Crippen LogP contribution in [0.5, 0.6) is 0 Å². The van der Waals surface area contributed by atoms with Gasteiger partial charge in [0, 0.05) is 19.3 Å². The summed E-state index contributed by atoms with van der Waals surface area (Å²) in [4.78, 5) is 19.4. The van der Waals surface area contributed by atoms with Crippen molar-refractivity contribution >= 4 is 17.4 Å². The van der Waals surface area contributed by atoms with Gasteiger partial charge in [-0.1, -0.05) is 12.6 Å². The van der Waals surface area contributed by atoms with Crippen LogP contribution in [0.1, 0.15) is 0 Å². The van der Waals surface area contributed by atoms with Crippen LogP contribution in [-0.2, 0) is 4.79 Å². The van der Waals surface area contributed by atoms with Crippen LogP contribution < -0.4 is 4.90 Å². The fourth-order valence-electron chi connectivity index (χ4n) is 2.42. The molecule has 2 aromatic heterocycles. The number of piperazine rings is 1. The van der Waals surface area contributed by atoms with Gasteiger partial charge in [0.1, 0.15) is 17.7 Å². The lowest BCUT2D eigenvalue weighted by molar-refractivity contribution is -0.128. The largest absolute Gasteiger partial charge is 0.372 e. The molecular formula is C14H16N4O2. The second-order valence-corrected chi connectivity index (χ2v) is 4.73. The molecule has 0 radical (unpaired) electrons. The van der Waals surface area contributed by atoms with E-state index in [9.17, 15) is 9.90 Å². The van der Waals surface area contributed by atoms with E-state index in [1.165, 1.54) is 6.08 Å². The number of rotatable bonds is 2. The molecule has 1 saturated heterocycles. The van der Waals surface area contributed by atoms with Crippen molar-refractivity contribution in [3.63, 3.8) is 0 Å². The van der Waals surface area contributed by atoms with Gasteiger partial charge in [-0.2, -0.15) is 0 Å². The van der Waals surface area contributed by atoms with Crippen molar-refractivity contribution in [1.29, 1.82) is 0 Å². The van der Waals surface area contributed by atoms with Crippen LogP contribution in [-0.4, -0.2) is 51.2 Å². The summed E-state index contributed by atoms with van der Waals surface area (Å²) in [5, 5.41) is 10.2. The van der Waals surface area contributed by atoms with E-state index in [-0.39, 0.29) is 12.5 Å². The number of imidazole rings is 1. The van der Waals surface area contributed by atoms with Gasteiger partial charge in [0.05, 0.1) is 12.7 Å². The molecule has 1 N–H and O–H groups in total. The van der Waals surface area contributed by atoms with E-state index in [1.807, 2.05) is 35.0 Å². The lowest BCUT2D eigenvalue weighted by Crippen LogP contribution is -2.54. The fraction of sp³-hybridized carbons (Fsp3) is 0.286. The predicted molar refractivity (Wildman–Crippen MR) is 75.3 cm³/mol. The summed E-state index contributed by atoms with van der Waals surface area (Å²) in [6.07, 6.45) is 4.31. The number of hydrogen-bond donors (Lipinski definition) is 1. The maximum atomic E-state index is 11.6. The molecule has 1 fully saturated rings. The number of hydrogen-bond acceptors (Lipinski definition) is 4. The molecule has 0 saturated carbocycles. The van der Waals surface area contributed by atoms with E-state index in [2.05, 4.69) is 11.6 Å². The number of aliphatic hydroxyl groups excluding tert-OH is 1. The lowest BCUT2D eigenvalue weighted by atomic mass is 10.3. The van der Waals surface area contributed by atoms with Gasteiger partial charge < -0.3 is 19.3 Å². The maximum absolute atomic E-state index is 11.6. The van der Waals surface area contributed by atoms with E-state index >= 15 is 0 Å². The van der Waals surface area contributed by atoms with E-state index in [4.69, 9.17) is 0 Å². The zero-order valence-corrected chi connectivity index (χ0v) is 11.0. The summed E-state index contributed by atoms with van der Waals surface area (Å²) in [5.74, 6) is 0.563. The highest BCUT2D eigenvalue weighted by Crippen LogP contribution is 2.19. The Labute approximate surface area is 116 Å². The number of carbonyl (C=O) groups excluding carboxylic acids is 1. The van der Waals surface area contributed by atoms with Gasteiger partial charge in [0.15, 0.2) is 0 Å². The minimum atomic E-state index is -0.752. The highest BCUT2D eigenvalue weighted by Gasteiger charge is 2.28. The highest BCUT2D eigenvalue weighted by atomic mass is 16.3. The van der Waals surface area contributed by atoms with E-state index in [1.54, 1.807) is 9.80 Å². The van der Waals surface area contributed by atoms with E-state index < -0.39 is 6.23 Å². The minimum Gasteiger partial charge on any atom is -0.372 e. The monoisotopic (exact) mass is 272 g/mol. The standard InChI is InChI=1S/C14H16N4O2/c1-2-13(19)17-7-8-18(14(20)10-17)12-9-16-6-4-3-5-11(16)15-12/h2-6,9,14,20H,1,7-8,10H2. The number of aliphatic hydroxyl groups is 1. The van der Waals surface area contributed by atoms with Crippen LogP contribution in [0.25, 0.3) is 5.65 Å². The zero-order valence-electron chi connectivity index (χ0n) is 11.0. The molecule has 6 nitrogen and oxygen atoms in total. The molecule has 6 heteroatoms. The molecular weight excluding hydrogens is 256 g/mol. The number of β-amino-alcohol motifs (C(OH)–C–C–N with tert-alkyl or cyclic N) is 1. The third kappa shape index (κ3) is 2.14. The van der Waals surface area contributed by atoms with E-state index in [0.29, 0.717) is 13.1 Å². The average Bonchev–Trinajstić information content (AvgIpc) is 2.89. The topological polar surface area (TPSA) is 61.1 Å². The molecule has 2 aromatic rings. The van der Waals surface area contributed by atoms with Crippen LogP contribution >= 0.6 is 0 Å². The Kier molecular flexibility index (Phi) is 3.15. The number of fused-ring (bicyclic) bond motifs is 1. The number of pyridine rings is 1. The summed E-state index contributed by atoms with van der Waals surface area (Å²) in [7, 11) is 0. The quantitative estimate of drug-likeness (QED) is 0.808. The molecule has 20 heavy (non-hydrogen) atoms. The Morgan fingerprint density at radius 2 is 2.30 bits per heavy atom.